The van der Waals surface area contributed by atoms with Gasteiger partial charge >= 0.3 is 16.4 Å². The number of piperidine rings is 1. The number of hydrogen-bond donors (Lipinski definition) is 2. The van der Waals surface area contributed by atoms with Crippen LogP contribution in [0.5, 0.6) is 0 Å². The van der Waals surface area contributed by atoms with Crippen LogP contribution >= 0.6 is 0 Å². The lowest BCUT2D eigenvalue weighted by Gasteiger charge is -2.28. The maximum absolute atomic E-state index is 12.4. The van der Waals surface area contributed by atoms with Crippen LogP contribution in [0.2, 0.25) is 0 Å². The molecule has 138 valence electrons. The molecule has 2 amide bonds. The van der Waals surface area contributed by atoms with Gasteiger partial charge in [-0.15, -0.1) is 4.28 Å². The smallest absolute Gasteiger partial charge is 0.368 e. The Balaban J connectivity index is 1.43. The Morgan fingerprint density at radius 1 is 1.40 bits per heavy atom. The highest BCUT2D eigenvalue weighted by Crippen LogP contribution is 2.38. The third-order valence-corrected chi connectivity index (χ3v) is 4.97. The molecule has 1 aromatic heterocycles. The van der Waals surface area contributed by atoms with E-state index in [0.29, 0.717) is 42.5 Å². The molecule has 0 radical (unpaired) electrons. The van der Waals surface area contributed by atoms with Crippen LogP contribution in [0.1, 0.15) is 30.3 Å². The average molecular weight is 374 g/mol. The van der Waals surface area contributed by atoms with Crippen molar-refractivity contribution in [1.82, 2.24) is 20.4 Å². The van der Waals surface area contributed by atoms with E-state index in [1.54, 1.807) is 6.07 Å². The zero-order chi connectivity index (χ0) is 17.6. The van der Waals surface area contributed by atoms with E-state index in [9.17, 15) is 13.2 Å². The van der Waals surface area contributed by atoms with Crippen molar-refractivity contribution < 1.29 is 31.3 Å². The first-order valence-electron chi connectivity index (χ1n) is 7.95. The highest BCUT2D eigenvalue weighted by Gasteiger charge is 2.48. The van der Waals surface area contributed by atoms with E-state index < -0.39 is 22.5 Å². The molecule has 3 fully saturated rings. The van der Waals surface area contributed by atoms with Gasteiger partial charge in [0.1, 0.15) is 12.3 Å². The first-order chi connectivity index (χ1) is 11.9. The molecule has 12 heteroatoms. The Labute approximate surface area is 143 Å². The van der Waals surface area contributed by atoms with Gasteiger partial charge in [0.05, 0.1) is 18.2 Å². The Kier molecular flexibility index (Phi) is 4.16. The zero-order valence-electron chi connectivity index (χ0n) is 13.2. The van der Waals surface area contributed by atoms with E-state index in [0.717, 1.165) is 13.1 Å². The van der Waals surface area contributed by atoms with Crippen molar-refractivity contribution in [2.45, 2.75) is 37.6 Å². The summed E-state index contributed by atoms with van der Waals surface area (Å²) in [4.78, 5) is 13.8. The summed E-state index contributed by atoms with van der Waals surface area (Å²) in [6.07, 6.45) is 1.28. The molecular weight excluding hydrogens is 356 g/mol. The summed E-state index contributed by atoms with van der Waals surface area (Å²) in [6, 6.07) is 0.371. The van der Waals surface area contributed by atoms with Crippen LogP contribution in [-0.2, 0) is 26.0 Å². The molecule has 3 saturated heterocycles. The minimum Gasteiger partial charge on any atom is -0.368 e. The minimum atomic E-state index is -4.75. The van der Waals surface area contributed by atoms with Gasteiger partial charge in [0.2, 0.25) is 0 Å². The second kappa shape index (κ2) is 6.21. The van der Waals surface area contributed by atoms with Crippen molar-refractivity contribution in [2.75, 3.05) is 19.6 Å². The first-order valence-corrected chi connectivity index (χ1v) is 9.32. The second-order valence-electron chi connectivity index (χ2n) is 6.32. The van der Waals surface area contributed by atoms with E-state index in [2.05, 4.69) is 14.8 Å². The standard InChI is InChI=1S/C13H18N4O7S/c18-13-16-6-8(17(13)24-25(19,20)21)1-2-12(16)11-3-9(23-15-11)7-22-10-4-14-5-10/h3,8,10,12,14H,1-2,4-7H2,(H,19,20,21). The van der Waals surface area contributed by atoms with E-state index in [4.69, 9.17) is 13.8 Å². The lowest BCUT2D eigenvalue weighted by molar-refractivity contribution is -0.0317. The molecule has 2 N–H and O–H groups in total. The molecule has 1 aromatic rings. The van der Waals surface area contributed by atoms with Gasteiger partial charge in [0, 0.05) is 25.7 Å². The predicted molar refractivity (Wildman–Crippen MR) is 80.3 cm³/mol. The minimum absolute atomic E-state index is 0.176. The largest absolute Gasteiger partial charge is 0.418 e. The van der Waals surface area contributed by atoms with Crippen molar-refractivity contribution in [3.8, 4) is 0 Å². The molecule has 2 atom stereocenters. The van der Waals surface area contributed by atoms with Crippen LogP contribution in [0.3, 0.4) is 0 Å². The lowest BCUT2D eigenvalue weighted by Crippen LogP contribution is -2.48. The van der Waals surface area contributed by atoms with Crippen LogP contribution < -0.4 is 5.32 Å². The van der Waals surface area contributed by atoms with Gasteiger partial charge in [-0.25, -0.2) is 4.79 Å². The van der Waals surface area contributed by atoms with Crippen LogP contribution in [0.15, 0.2) is 10.6 Å². The van der Waals surface area contributed by atoms with Crippen molar-refractivity contribution >= 4 is 16.4 Å². The number of nitrogens with one attached hydrogen (secondary N) is 1. The molecule has 11 nitrogen and oxygen atoms in total. The Morgan fingerprint density at radius 3 is 2.88 bits per heavy atom. The molecule has 0 saturated carbocycles. The molecule has 2 bridgehead atoms. The van der Waals surface area contributed by atoms with Crippen LogP contribution in [0, 0.1) is 0 Å². The Bertz CT molecular complexity index is 762. The molecule has 0 aliphatic carbocycles. The van der Waals surface area contributed by atoms with Crippen molar-refractivity contribution in [1.29, 1.82) is 0 Å². The molecular formula is C13H18N4O7S. The summed E-state index contributed by atoms with van der Waals surface area (Å²) in [5.41, 5.74) is 0.589. The number of rotatable bonds is 6. The number of hydrogen-bond acceptors (Lipinski definition) is 8. The second-order valence-corrected chi connectivity index (χ2v) is 7.32. The van der Waals surface area contributed by atoms with Gasteiger partial charge in [0.25, 0.3) is 0 Å². The summed E-state index contributed by atoms with van der Waals surface area (Å²) in [7, 11) is -4.75. The number of fused-ring (bicyclic) bond motifs is 2. The van der Waals surface area contributed by atoms with E-state index in [1.165, 1.54) is 4.90 Å². The van der Waals surface area contributed by atoms with Crippen LogP contribution in [-0.4, -0.2) is 65.9 Å². The van der Waals surface area contributed by atoms with E-state index >= 15 is 0 Å². The maximum Gasteiger partial charge on any atom is 0.418 e. The van der Waals surface area contributed by atoms with E-state index in [1.807, 2.05) is 0 Å². The lowest BCUT2D eigenvalue weighted by atomic mass is 9.98. The van der Waals surface area contributed by atoms with Crippen molar-refractivity contribution in [3.05, 3.63) is 17.5 Å². The summed E-state index contributed by atoms with van der Waals surface area (Å²) >= 11 is 0. The van der Waals surface area contributed by atoms with Crippen molar-refractivity contribution in [2.24, 2.45) is 0 Å². The fourth-order valence-corrected chi connectivity index (χ4v) is 3.66. The summed E-state index contributed by atoms with van der Waals surface area (Å²) in [5.74, 6) is 0.571. The fourth-order valence-electron chi connectivity index (χ4n) is 3.27. The molecule has 2 unspecified atom stereocenters. The highest BCUT2D eigenvalue weighted by atomic mass is 32.3. The number of carbonyl (C=O) groups excluding carboxylic acids is 1. The average Bonchev–Trinajstić information content (AvgIpc) is 3.05. The molecule has 0 spiro atoms. The Morgan fingerprint density at radius 2 is 2.20 bits per heavy atom. The normalized spacial score (nSPS) is 27.0. The number of hydroxylamine groups is 2. The summed E-state index contributed by atoms with van der Waals surface area (Å²) in [6.45, 7) is 2.24. The van der Waals surface area contributed by atoms with Gasteiger partial charge in [-0.3, -0.25) is 4.55 Å². The molecule has 4 heterocycles. The van der Waals surface area contributed by atoms with Gasteiger partial charge in [-0.05, 0) is 12.8 Å². The Hall–Kier alpha value is -1.73. The number of aromatic nitrogens is 1. The van der Waals surface area contributed by atoms with Gasteiger partial charge < -0.3 is 19.5 Å². The third kappa shape index (κ3) is 3.35. The number of urea groups is 1. The topological polar surface area (TPSA) is 134 Å². The van der Waals surface area contributed by atoms with E-state index in [-0.39, 0.29) is 12.1 Å². The number of carbonyl (C=O) groups is 1. The van der Waals surface area contributed by atoms with Gasteiger partial charge in [0.15, 0.2) is 5.76 Å². The molecule has 3 aliphatic heterocycles. The highest BCUT2D eigenvalue weighted by molar-refractivity contribution is 7.80. The van der Waals surface area contributed by atoms with Gasteiger partial charge in [-0.1, -0.05) is 5.16 Å². The molecule has 4 rings (SSSR count). The zero-order valence-corrected chi connectivity index (χ0v) is 14.0. The van der Waals surface area contributed by atoms with Crippen LogP contribution in [0.4, 0.5) is 4.79 Å². The predicted octanol–water partition coefficient (Wildman–Crippen LogP) is -0.161. The first kappa shape index (κ1) is 16.7. The molecule has 3 aliphatic rings. The quantitative estimate of drug-likeness (QED) is 0.651. The SMILES string of the molecule is O=C1N2CC(CCC2c2cc(COC3CNC3)on2)N1OS(=O)(=O)O. The monoisotopic (exact) mass is 374 g/mol. The molecule has 25 heavy (non-hydrogen) atoms. The summed E-state index contributed by atoms with van der Waals surface area (Å²) < 4.78 is 45.9. The number of nitrogens with zero attached hydrogens (tertiary/aromatic N) is 3. The summed E-state index contributed by atoms with van der Waals surface area (Å²) in [5, 5.41) is 7.84. The number of ether oxygens (including phenoxy) is 1. The van der Waals surface area contributed by atoms with Crippen molar-refractivity contribution in [3.63, 3.8) is 0 Å². The van der Waals surface area contributed by atoms with Gasteiger partial charge in [-0.2, -0.15) is 13.5 Å². The fraction of sp³-hybridized carbons (Fsp3) is 0.692. The number of amides is 2. The molecule has 0 aromatic carbocycles. The third-order valence-electron chi connectivity index (χ3n) is 4.62. The maximum atomic E-state index is 12.4. The van der Waals surface area contributed by atoms with Crippen LogP contribution in [0.25, 0.3) is 0 Å².